The summed E-state index contributed by atoms with van der Waals surface area (Å²) in [6, 6.07) is 6.42. The van der Waals surface area contributed by atoms with Crippen LogP contribution in [0, 0.1) is 13.8 Å². The zero-order valence-corrected chi connectivity index (χ0v) is 13.3. The predicted octanol–water partition coefficient (Wildman–Crippen LogP) is 4.81. The highest BCUT2D eigenvalue weighted by atomic mass is 79.9. The number of aryl methyl sites for hydroxylation is 2. The van der Waals surface area contributed by atoms with Crippen LogP contribution in [0.2, 0.25) is 0 Å². The predicted molar refractivity (Wildman–Crippen MR) is 80.3 cm³/mol. The Balaban J connectivity index is 2.33. The van der Waals surface area contributed by atoms with Crippen LogP contribution in [-0.2, 0) is 0 Å². The van der Waals surface area contributed by atoms with Gasteiger partial charge in [-0.2, -0.15) is 0 Å². The molecule has 2 heterocycles. The lowest BCUT2D eigenvalue weighted by molar-refractivity contribution is 0.430. The molecule has 0 radical (unpaired) electrons. The van der Waals surface area contributed by atoms with Crippen LogP contribution in [0.3, 0.4) is 0 Å². The molecule has 98 valence electrons. The average Bonchev–Trinajstić information content (AvgIpc) is 2.87. The van der Waals surface area contributed by atoms with Crippen LogP contribution in [0.25, 0.3) is 0 Å². The molecule has 2 aromatic rings. The van der Waals surface area contributed by atoms with Crippen molar-refractivity contribution in [3.05, 3.63) is 43.9 Å². The molecule has 1 unspecified atom stereocenters. The minimum absolute atomic E-state index is 0.154. The van der Waals surface area contributed by atoms with Gasteiger partial charge in [-0.3, -0.25) is 0 Å². The molecule has 0 spiro atoms. The third-order valence-corrected chi connectivity index (χ3v) is 4.45. The minimum Gasteiger partial charge on any atom is -0.464 e. The highest BCUT2D eigenvalue weighted by Gasteiger charge is 2.20. The quantitative estimate of drug-likeness (QED) is 0.852. The molecular weight excluding hydrogens is 310 g/mol. The number of halogens is 1. The van der Waals surface area contributed by atoms with Crippen LogP contribution in [0.15, 0.2) is 26.4 Å². The molecular formula is C14H18BrNOS. The number of thiophene rings is 1. The summed E-state index contributed by atoms with van der Waals surface area (Å²) < 4.78 is 6.96. The van der Waals surface area contributed by atoms with Crippen molar-refractivity contribution in [2.24, 2.45) is 0 Å². The third kappa shape index (κ3) is 3.05. The summed E-state index contributed by atoms with van der Waals surface area (Å²) in [5, 5.41) is 3.56. The molecule has 1 N–H and O–H groups in total. The van der Waals surface area contributed by atoms with E-state index in [1.807, 2.05) is 13.0 Å². The van der Waals surface area contributed by atoms with Crippen LogP contribution in [0.4, 0.5) is 0 Å². The van der Waals surface area contributed by atoms with Gasteiger partial charge in [-0.05, 0) is 66.5 Å². The van der Waals surface area contributed by atoms with E-state index in [0.29, 0.717) is 0 Å². The average molecular weight is 328 g/mol. The first kappa shape index (κ1) is 13.8. The van der Waals surface area contributed by atoms with Gasteiger partial charge in [0.1, 0.15) is 11.5 Å². The first-order valence-corrected chi connectivity index (χ1v) is 7.78. The standard InChI is InChI=1S/C14H18BrNOS/c1-4-7-16-14(12-6-5-9(2)17-12)11-8-13(15)18-10(11)3/h5-6,8,14,16H,4,7H2,1-3H3. The van der Waals surface area contributed by atoms with Gasteiger partial charge in [0.15, 0.2) is 0 Å². The SMILES string of the molecule is CCCNC(c1ccc(C)o1)c1cc(Br)sc1C. The molecule has 1 atom stereocenters. The lowest BCUT2D eigenvalue weighted by Gasteiger charge is -2.16. The number of hydrogen-bond acceptors (Lipinski definition) is 3. The number of furan rings is 1. The van der Waals surface area contributed by atoms with Gasteiger partial charge in [-0.15, -0.1) is 11.3 Å². The molecule has 0 aliphatic heterocycles. The topological polar surface area (TPSA) is 25.2 Å². The molecule has 4 heteroatoms. The Morgan fingerprint density at radius 3 is 2.67 bits per heavy atom. The van der Waals surface area contributed by atoms with E-state index in [2.05, 4.69) is 47.2 Å². The van der Waals surface area contributed by atoms with Crippen LogP contribution in [0.5, 0.6) is 0 Å². The molecule has 0 saturated carbocycles. The molecule has 2 nitrogen and oxygen atoms in total. The number of hydrogen-bond donors (Lipinski definition) is 1. The van der Waals surface area contributed by atoms with E-state index < -0.39 is 0 Å². The van der Waals surface area contributed by atoms with Gasteiger partial charge >= 0.3 is 0 Å². The minimum atomic E-state index is 0.154. The molecule has 0 amide bonds. The summed E-state index contributed by atoms with van der Waals surface area (Å²) >= 11 is 5.32. The molecule has 0 aromatic carbocycles. The molecule has 2 aromatic heterocycles. The fourth-order valence-corrected chi connectivity index (χ4v) is 3.75. The summed E-state index contributed by atoms with van der Waals surface area (Å²) in [6.45, 7) is 7.29. The molecule has 2 rings (SSSR count). The van der Waals surface area contributed by atoms with Crippen molar-refractivity contribution in [2.75, 3.05) is 6.54 Å². The normalized spacial score (nSPS) is 12.9. The maximum absolute atomic E-state index is 5.79. The second-order valence-electron chi connectivity index (χ2n) is 4.40. The Morgan fingerprint density at radius 2 is 2.17 bits per heavy atom. The first-order chi connectivity index (χ1) is 8.61. The Labute approximate surface area is 121 Å². The lowest BCUT2D eigenvalue weighted by atomic mass is 10.1. The van der Waals surface area contributed by atoms with E-state index in [-0.39, 0.29) is 6.04 Å². The van der Waals surface area contributed by atoms with Crippen LogP contribution < -0.4 is 5.32 Å². The number of nitrogens with one attached hydrogen (secondary N) is 1. The van der Waals surface area contributed by atoms with Crippen LogP contribution >= 0.6 is 27.3 Å². The van der Waals surface area contributed by atoms with Crippen molar-refractivity contribution in [2.45, 2.75) is 33.2 Å². The Hall–Kier alpha value is -0.580. The first-order valence-electron chi connectivity index (χ1n) is 6.17. The van der Waals surface area contributed by atoms with E-state index in [9.17, 15) is 0 Å². The summed E-state index contributed by atoms with van der Waals surface area (Å²) in [5.41, 5.74) is 1.30. The van der Waals surface area contributed by atoms with Gasteiger partial charge in [-0.1, -0.05) is 6.92 Å². The van der Waals surface area contributed by atoms with Crippen LogP contribution in [0.1, 0.15) is 41.3 Å². The Morgan fingerprint density at radius 1 is 1.39 bits per heavy atom. The van der Waals surface area contributed by atoms with E-state index in [1.54, 1.807) is 11.3 Å². The fraction of sp³-hybridized carbons (Fsp3) is 0.429. The van der Waals surface area contributed by atoms with Crippen molar-refractivity contribution < 1.29 is 4.42 Å². The Bertz CT molecular complexity index is 518. The second-order valence-corrected chi connectivity index (χ2v) is 7.03. The van der Waals surface area contributed by atoms with Gasteiger partial charge in [-0.25, -0.2) is 0 Å². The summed E-state index contributed by atoms with van der Waals surface area (Å²) in [5.74, 6) is 1.95. The smallest absolute Gasteiger partial charge is 0.125 e. The van der Waals surface area contributed by atoms with E-state index >= 15 is 0 Å². The van der Waals surface area contributed by atoms with Crippen molar-refractivity contribution in [3.8, 4) is 0 Å². The van der Waals surface area contributed by atoms with Crippen molar-refractivity contribution in [1.82, 2.24) is 5.32 Å². The number of rotatable bonds is 5. The highest BCUT2D eigenvalue weighted by Crippen LogP contribution is 2.34. The van der Waals surface area contributed by atoms with Crippen molar-refractivity contribution >= 4 is 27.3 Å². The molecule has 0 bridgehead atoms. The van der Waals surface area contributed by atoms with Gasteiger partial charge in [0.2, 0.25) is 0 Å². The third-order valence-electron chi connectivity index (χ3n) is 2.88. The zero-order chi connectivity index (χ0) is 13.1. The monoisotopic (exact) mass is 327 g/mol. The highest BCUT2D eigenvalue weighted by molar-refractivity contribution is 9.11. The molecule has 0 aliphatic rings. The van der Waals surface area contributed by atoms with Crippen molar-refractivity contribution in [3.63, 3.8) is 0 Å². The maximum Gasteiger partial charge on any atom is 0.125 e. The molecule has 0 fully saturated rings. The fourth-order valence-electron chi connectivity index (χ4n) is 2.01. The van der Waals surface area contributed by atoms with Gasteiger partial charge in [0.05, 0.1) is 9.83 Å². The van der Waals surface area contributed by atoms with E-state index in [1.165, 1.54) is 14.2 Å². The van der Waals surface area contributed by atoms with Gasteiger partial charge < -0.3 is 9.73 Å². The summed E-state index contributed by atoms with van der Waals surface area (Å²) in [4.78, 5) is 1.32. The van der Waals surface area contributed by atoms with E-state index in [4.69, 9.17) is 4.42 Å². The van der Waals surface area contributed by atoms with E-state index in [0.717, 1.165) is 24.5 Å². The maximum atomic E-state index is 5.79. The lowest BCUT2D eigenvalue weighted by Crippen LogP contribution is -2.22. The van der Waals surface area contributed by atoms with Crippen molar-refractivity contribution in [1.29, 1.82) is 0 Å². The largest absolute Gasteiger partial charge is 0.464 e. The second kappa shape index (κ2) is 6.04. The zero-order valence-electron chi connectivity index (χ0n) is 10.9. The summed E-state index contributed by atoms with van der Waals surface area (Å²) in [7, 11) is 0. The summed E-state index contributed by atoms with van der Waals surface area (Å²) in [6.07, 6.45) is 1.11. The molecule has 0 aliphatic carbocycles. The molecule has 0 saturated heterocycles. The van der Waals surface area contributed by atoms with Crippen LogP contribution in [-0.4, -0.2) is 6.54 Å². The van der Waals surface area contributed by atoms with Gasteiger partial charge in [0, 0.05) is 4.88 Å². The Kier molecular flexibility index (Phi) is 4.65. The molecule has 18 heavy (non-hydrogen) atoms. The van der Waals surface area contributed by atoms with Gasteiger partial charge in [0.25, 0.3) is 0 Å².